The van der Waals surface area contributed by atoms with Gasteiger partial charge in [-0.1, -0.05) is 20.3 Å². The number of nitrogens with two attached hydrogens (primary N) is 5. The van der Waals surface area contributed by atoms with Crippen LogP contribution in [-0.4, -0.2) is 194 Å². The highest BCUT2D eigenvalue weighted by Crippen LogP contribution is 2.22. The summed E-state index contributed by atoms with van der Waals surface area (Å²) in [5.74, 6) is -9.85. The summed E-state index contributed by atoms with van der Waals surface area (Å²) in [5, 5.41) is 44.8. The van der Waals surface area contributed by atoms with Gasteiger partial charge in [0.15, 0.2) is 5.96 Å². The number of aliphatic hydroxyl groups excluding tert-OH is 1. The van der Waals surface area contributed by atoms with Crippen molar-refractivity contribution in [2.75, 3.05) is 39.3 Å². The molecule has 8 amide bonds. The quantitative estimate of drug-likeness (QED) is 0.0175. The molecule has 2 fully saturated rings. The number of carboxylic acids is 2. The van der Waals surface area contributed by atoms with Crippen molar-refractivity contribution in [2.24, 2.45) is 39.6 Å². The van der Waals surface area contributed by atoms with Gasteiger partial charge in [-0.2, -0.15) is 0 Å². The molecule has 0 spiro atoms. The van der Waals surface area contributed by atoms with Gasteiger partial charge in [0.25, 0.3) is 0 Å². The van der Waals surface area contributed by atoms with Crippen LogP contribution in [0.1, 0.15) is 109 Å². The lowest BCUT2D eigenvalue weighted by Crippen LogP contribution is -2.61. The number of hydrogen-bond acceptors (Lipinski definition) is 16. The van der Waals surface area contributed by atoms with E-state index in [1.165, 1.54) is 22.3 Å². The molecule has 0 unspecified atom stereocenters. The summed E-state index contributed by atoms with van der Waals surface area (Å²) in [7, 11) is 0. The summed E-state index contributed by atoms with van der Waals surface area (Å²) >= 11 is 0. The molecule has 2 aliphatic rings. The van der Waals surface area contributed by atoms with Crippen molar-refractivity contribution in [2.45, 2.75) is 165 Å². The summed E-state index contributed by atoms with van der Waals surface area (Å²) in [4.78, 5) is 148. The second kappa shape index (κ2) is 32.5. The van der Waals surface area contributed by atoms with Gasteiger partial charge < -0.3 is 90.7 Å². The van der Waals surface area contributed by atoms with Gasteiger partial charge in [-0.25, -0.2) is 9.78 Å². The minimum Gasteiger partial charge on any atom is -0.481 e. The van der Waals surface area contributed by atoms with Crippen LogP contribution in [0.5, 0.6) is 0 Å². The fourth-order valence-electron chi connectivity index (χ4n) is 8.85. The van der Waals surface area contributed by atoms with Gasteiger partial charge >= 0.3 is 11.9 Å². The SMILES string of the molecule is CC(C)[C@H](NC(=O)[C@H](Cc1cnc[nH]1)NC(=O)[C@H](CCC(=O)O)NC(=O)[C@H](CO)NC(=O)[C@@H]1CCCN1C(=O)[C@@H](N)CCCCN)C(=O)N[C@@H](CCCCN)C(=O)N1CCC[C@H]1C(=O)N[C@@H](CCCN=C(N)N)C(=O)O. The number of aromatic amines is 1. The standard InChI is InChI=1S/C47H80N16O13/c1-26(2)37(43(72)57-30(11-4-6-18-49)45(74)63-21-9-14-35(63)41(70)58-31(46(75)76)12-7-19-54-47(51)52)61-39(68)32(22-27-23-53-25-55-27)59-38(67)29(15-16-36(65)66)56-40(69)33(24-64)60-42(71)34-13-8-20-62(34)44(73)28(50)10-3-5-17-48/h23,25-26,28-35,37,64H,3-22,24,48-50H2,1-2H3,(H,53,55)(H,56,69)(H,57,72)(H,58,70)(H,59,67)(H,60,71)(H,61,68)(H,65,66)(H,75,76)(H4,51,52,54)/t28-,29-,30-,31-,32-,33-,34-,35-,37-/m0/s1. The summed E-state index contributed by atoms with van der Waals surface area (Å²) in [5.41, 5.74) is 28.5. The monoisotopic (exact) mass is 1080 g/mol. The van der Waals surface area contributed by atoms with Gasteiger partial charge in [0.05, 0.1) is 19.0 Å². The normalized spacial score (nSPS) is 18.0. The predicted octanol–water partition coefficient (Wildman–Crippen LogP) is -4.92. The lowest BCUT2D eigenvalue weighted by atomic mass is 10.00. The van der Waals surface area contributed by atoms with E-state index in [9.17, 15) is 63.3 Å². The number of carboxylic acid groups (broad SMARTS) is 2. The van der Waals surface area contributed by atoms with Crippen LogP contribution in [0.15, 0.2) is 17.5 Å². The first-order chi connectivity index (χ1) is 36.1. The number of nitrogens with zero attached hydrogens (tertiary/aromatic N) is 4. The Balaban J connectivity index is 1.81. The number of aliphatic hydroxyl groups is 1. The maximum atomic E-state index is 14.3. The number of imidazole rings is 1. The molecule has 9 atom stereocenters. The largest absolute Gasteiger partial charge is 0.481 e. The Morgan fingerprint density at radius 1 is 0.684 bits per heavy atom. The van der Waals surface area contributed by atoms with Gasteiger partial charge in [-0.05, 0) is 96.1 Å². The molecule has 0 bridgehead atoms. The Labute approximate surface area is 440 Å². The zero-order valence-electron chi connectivity index (χ0n) is 43.4. The average molecular weight is 1080 g/mol. The summed E-state index contributed by atoms with van der Waals surface area (Å²) < 4.78 is 0. The van der Waals surface area contributed by atoms with Crippen molar-refractivity contribution in [1.82, 2.24) is 51.7 Å². The Hall–Kier alpha value is -6.98. The highest BCUT2D eigenvalue weighted by Gasteiger charge is 2.41. The van der Waals surface area contributed by atoms with E-state index in [4.69, 9.17) is 28.7 Å². The number of nitrogens with one attached hydrogen (secondary N) is 7. The van der Waals surface area contributed by atoms with Crippen molar-refractivity contribution in [1.29, 1.82) is 0 Å². The Kier molecular flexibility index (Phi) is 27.0. The van der Waals surface area contributed by atoms with E-state index in [0.717, 1.165) is 0 Å². The number of hydrogen-bond donors (Lipinski definition) is 15. The highest BCUT2D eigenvalue weighted by atomic mass is 16.4. The summed E-state index contributed by atoms with van der Waals surface area (Å²) in [6, 6.07) is -11.7. The van der Waals surface area contributed by atoms with E-state index in [-0.39, 0.29) is 70.7 Å². The lowest BCUT2D eigenvalue weighted by Gasteiger charge is -2.31. The van der Waals surface area contributed by atoms with Crippen LogP contribution in [0.25, 0.3) is 0 Å². The molecule has 0 radical (unpaired) electrons. The number of H-pyrrole nitrogens is 1. The van der Waals surface area contributed by atoms with Gasteiger partial charge in [-0.15, -0.1) is 0 Å². The van der Waals surface area contributed by atoms with Crippen LogP contribution in [0, 0.1) is 5.92 Å². The average Bonchev–Trinajstić information content (AvgIpc) is 4.19. The fourth-order valence-corrected chi connectivity index (χ4v) is 8.85. The van der Waals surface area contributed by atoms with Crippen molar-refractivity contribution in [3.05, 3.63) is 18.2 Å². The first-order valence-electron chi connectivity index (χ1n) is 25.8. The number of aliphatic imine (C=N–C) groups is 1. The van der Waals surface area contributed by atoms with Gasteiger partial charge in [0.1, 0.15) is 48.3 Å². The number of guanidine groups is 1. The molecular formula is C47H80N16O13. The maximum absolute atomic E-state index is 14.3. The number of likely N-dealkylation sites (tertiary alicyclic amines) is 2. The van der Waals surface area contributed by atoms with E-state index >= 15 is 0 Å². The molecule has 76 heavy (non-hydrogen) atoms. The molecule has 3 rings (SSSR count). The second-order valence-electron chi connectivity index (χ2n) is 19.3. The summed E-state index contributed by atoms with van der Waals surface area (Å²) in [6.45, 7) is 3.44. The Morgan fingerprint density at radius 2 is 1.22 bits per heavy atom. The third-order valence-corrected chi connectivity index (χ3v) is 13.0. The zero-order chi connectivity index (χ0) is 56.5. The number of unbranched alkanes of at least 4 members (excludes halogenated alkanes) is 2. The van der Waals surface area contributed by atoms with E-state index < -0.39 is 139 Å². The molecule has 426 valence electrons. The number of carbonyl (C=O) groups excluding carboxylic acids is 8. The van der Waals surface area contributed by atoms with E-state index in [0.29, 0.717) is 57.2 Å². The van der Waals surface area contributed by atoms with Crippen LogP contribution in [-0.2, 0) is 54.4 Å². The molecule has 2 saturated heterocycles. The van der Waals surface area contributed by atoms with E-state index in [1.807, 2.05) is 0 Å². The van der Waals surface area contributed by atoms with E-state index in [1.54, 1.807) is 13.8 Å². The van der Waals surface area contributed by atoms with Crippen LogP contribution in [0.4, 0.5) is 0 Å². The molecule has 20 N–H and O–H groups in total. The Bertz CT molecular complexity index is 2140. The van der Waals surface area contributed by atoms with Crippen LogP contribution < -0.4 is 60.6 Å². The predicted molar refractivity (Wildman–Crippen MR) is 273 cm³/mol. The topological polar surface area (TPSA) is 481 Å². The van der Waals surface area contributed by atoms with Gasteiger partial charge in [-0.3, -0.25) is 48.1 Å². The molecule has 0 aromatic carbocycles. The number of rotatable bonds is 34. The minimum absolute atomic E-state index is 0.00201. The molecule has 0 saturated carbocycles. The smallest absolute Gasteiger partial charge is 0.326 e. The first-order valence-corrected chi connectivity index (χ1v) is 25.8. The molecule has 29 nitrogen and oxygen atoms in total. The van der Waals surface area contributed by atoms with Crippen molar-refractivity contribution >= 4 is 65.2 Å². The first kappa shape index (κ1) is 63.3. The number of aliphatic carboxylic acids is 2. The van der Waals surface area contributed by atoms with Crippen LogP contribution >= 0.6 is 0 Å². The van der Waals surface area contributed by atoms with Gasteiger partial charge in [0.2, 0.25) is 47.3 Å². The fraction of sp³-hybridized carbons (Fsp3) is 0.702. The second-order valence-corrected chi connectivity index (χ2v) is 19.3. The van der Waals surface area contributed by atoms with E-state index in [2.05, 4.69) is 46.9 Å². The lowest BCUT2D eigenvalue weighted by molar-refractivity contribution is -0.145. The number of carbonyl (C=O) groups is 10. The minimum atomic E-state index is -1.67. The molecular weight excluding hydrogens is 997 g/mol. The zero-order valence-corrected chi connectivity index (χ0v) is 43.4. The molecule has 1 aromatic rings. The van der Waals surface area contributed by atoms with Crippen LogP contribution in [0.3, 0.4) is 0 Å². The van der Waals surface area contributed by atoms with Crippen molar-refractivity contribution in [3.63, 3.8) is 0 Å². The third-order valence-electron chi connectivity index (χ3n) is 13.0. The van der Waals surface area contributed by atoms with Crippen molar-refractivity contribution < 1.29 is 63.3 Å². The third kappa shape index (κ3) is 20.3. The maximum Gasteiger partial charge on any atom is 0.326 e. The van der Waals surface area contributed by atoms with Gasteiger partial charge in [0, 0.05) is 44.4 Å². The Morgan fingerprint density at radius 3 is 1.76 bits per heavy atom. The molecule has 0 aliphatic carbocycles. The van der Waals surface area contributed by atoms with Crippen LogP contribution in [0.2, 0.25) is 0 Å². The molecule has 2 aliphatic heterocycles. The highest BCUT2D eigenvalue weighted by molar-refractivity contribution is 5.98. The van der Waals surface area contributed by atoms with Crippen molar-refractivity contribution in [3.8, 4) is 0 Å². The summed E-state index contributed by atoms with van der Waals surface area (Å²) in [6.07, 6.45) is 5.34. The number of amides is 8. The molecule has 1 aromatic heterocycles. The molecule has 29 heteroatoms. The number of aromatic nitrogens is 2. The molecule has 3 heterocycles.